The molecule has 6 nitrogen and oxygen atoms in total. The number of carbonyl (C=O) groups is 3. The minimum absolute atomic E-state index is 0.254. The summed E-state index contributed by atoms with van der Waals surface area (Å²) in [5.74, 6) is -0.254. The first-order chi connectivity index (χ1) is 12.7. The normalized spacial score (nSPS) is 10.8. The van der Waals surface area contributed by atoms with Crippen LogP contribution in [0.15, 0.2) is 42.5 Å². The molecule has 2 aromatic carbocycles. The van der Waals surface area contributed by atoms with E-state index in [0.29, 0.717) is 23.4 Å². The van der Waals surface area contributed by atoms with Crippen LogP contribution in [0.3, 0.4) is 0 Å². The van der Waals surface area contributed by atoms with Gasteiger partial charge >= 0.3 is 6.09 Å². The number of benzene rings is 2. The van der Waals surface area contributed by atoms with Crippen molar-refractivity contribution in [3.8, 4) is 0 Å². The van der Waals surface area contributed by atoms with E-state index in [2.05, 4.69) is 10.6 Å². The lowest BCUT2D eigenvalue weighted by Crippen LogP contribution is -2.32. The lowest BCUT2D eigenvalue weighted by molar-refractivity contribution is 0.0523. The van der Waals surface area contributed by atoms with E-state index in [1.54, 1.807) is 58.0 Å². The third-order valence-electron chi connectivity index (χ3n) is 3.71. The second-order valence-corrected chi connectivity index (χ2v) is 7.20. The van der Waals surface area contributed by atoms with Crippen LogP contribution in [0, 0.1) is 6.92 Å². The first-order valence-corrected chi connectivity index (χ1v) is 8.61. The average molecular weight is 368 g/mol. The van der Waals surface area contributed by atoms with Crippen molar-refractivity contribution >= 4 is 24.0 Å². The highest BCUT2D eigenvalue weighted by atomic mass is 16.6. The molecule has 0 bridgehead atoms. The number of aldehydes is 1. The minimum atomic E-state index is -0.541. The molecule has 2 amide bonds. The highest BCUT2D eigenvalue weighted by molar-refractivity contribution is 6.04. The van der Waals surface area contributed by atoms with Crippen molar-refractivity contribution in [2.24, 2.45) is 0 Å². The van der Waals surface area contributed by atoms with Crippen molar-refractivity contribution in [1.82, 2.24) is 5.32 Å². The van der Waals surface area contributed by atoms with Crippen LogP contribution in [0.1, 0.15) is 52.6 Å². The van der Waals surface area contributed by atoms with E-state index in [9.17, 15) is 14.4 Å². The zero-order valence-corrected chi connectivity index (χ0v) is 16.0. The molecular formula is C21H24N2O4. The summed E-state index contributed by atoms with van der Waals surface area (Å²) in [7, 11) is 0. The van der Waals surface area contributed by atoms with Gasteiger partial charge in [-0.25, -0.2) is 4.79 Å². The van der Waals surface area contributed by atoms with Crippen LogP contribution in [0.25, 0.3) is 0 Å². The van der Waals surface area contributed by atoms with E-state index >= 15 is 0 Å². The predicted molar refractivity (Wildman–Crippen MR) is 104 cm³/mol. The molecule has 0 aliphatic carbocycles. The topological polar surface area (TPSA) is 84.5 Å². The van der Waals surface area contributed by atoms with Crippen LogP contribution < -0.4 is 10.6 Å². The second-order valence-electron chi connectivity index (χ2n) is 7.20. The van der Waals surface area contributed by atoms with Gasteiger partial charge in [0.05, 0.1) is 0 Å². The molecule has 6 heteroatoms. The fourth-order valence-electron chi connectivity index (χ4n) is 2.35. The van der Waals surface area contributed by atoms with Crippen molar-refractivity contribution in [2.75, 3.05) is 5.32 Å². The largest absolute Gasteiger partial charge is 0.444 e. The lowest BCUT2D eigenvalue weighted by Gasteiger charge is -2.19. The summed E-state index contributed by atoms with van der Waals surface area (Å²) >= 11 is 0. The summed E-state index contributed by atoms with van der Waals surface area (Å²) in [4.78, 5) is 34.8. The van der Waals surface area contributed by atoms with E-state index in [-0.39, 0.29) is 5.91 Å². The van der Waals surface area contributed by atoms with Crippen molar-refractivity contribution in [3.63, 3.8) is 0 Å². The van der Waals surface area contributed by atoms with Crippen LogP contribution >= 0.6 is 0 Å². The zero-order valence-electron chi connectivity index (χ0n) is 16.0. The highest BCUT2D eigenvalue weighted by Crippen LogP contribution is 2.14. The summed E-state index contributed by atoms with van der Waals surface area (Å²) in [6.45, 7) is 7.52. The van der Waals surface area contributed by atoms with Gasteiger partial charge in [0.25, 0.3) is 5.91 Å². The van der Waals surface area contributed by atoms with Gasteiger partial charge in [-0.3, -0.25) is 9.59 Å². The Morgan fingerprint density at radius 1 is 1.07 bits per heavy atom. The van der Waals surface area contributed by atoms with Crippen molar-refractivity contribution in [3.05, 3.63) is 64.7 Å². The van der Waals surface area contributed by atoms with E-state index in [4.69, 9.17) is 4.74 Å². The summed E-state index contributed by atoms with van der Waals surface area (Å²) in [6.07, 6.45) is 0.287. The average Bonchev–Trinajstić information content (AvgIpc) is 2.59. The van der Waals surface area contributed by atoms with Gasteiger partial charge in [-0.1, -0.05) is 18.2 Å². The maximum absolute atomic E-state index is 12.3. The lowest BCUT2D eigenvalue weighted by atomic mass is 10.1. The van der Waals surface area contributed by atoms with Crippen LogP contribution in [-0.2, 0) is 11.3 Å². The maximum Gasteiger partial charge on any atom is 0.407 e. The first kappa shape index (κ1) is 20.2. The quantitative estimate of drug-likeness (QED) is 0.779. The van der Waals surface area contributed by atoms with Gasteiger partial charge in [0.15, 0.2) is 0 Å². The van der Waals surface area contributed by atoms with Gasteiger partial charge in [0, 0.05) is 23.4 Å². The SMILES string of the molecule is Cc1cc(C(=O)Nc2ccc(CNC(=O)OC(C)(C)C)cc2)ccc1C=O. The number of hydrogen-bond acceptors (Lipinski definition) is 4. The standard InChI is InChI=1S/C21H24N2O4/c1-14-11-16(7-8-17(14)13-24)19(25)23-18-9-5-15(6-10-18)12-22-20(26)27-21(2,3)4/h5-11,13H,12H2,1-4H3,(H,22,26)(H,23,25). The van der Waals surface area contributed by atoms with Gasteiger partial charge < -0.3 is 15.4 Å². The van der Waals surface area contributed by atoms with Gasteiger partial charge in [-0.05, 0) is 63.1 Å². The maximum atomic E-state index is 12.3. The van der Waals surface area contributed by atoms with Crippen LogP contribution in [-0.4, -0.2) is 23.9 Å². The summed E-state index contributed by atoms with van der Waals surface area (Å²) in [5.41, 5.74) is 2.77. The summed E-state index contributed by atoms with van der Waals surface area (Å²) in [5, 5.41) is 5.49. The van der Waals surface area contributed by atoms with Gasteiger partial charge in [-0.15, -0.1) is 0 Å². The monoisotopic (exact) mass is 368 g/mol. The number of anilines is 1. The molecule has 0 fully saturated rings. The van der Waals surface area contributed by atoms with Crippen molar-refractivity contribution in [2.45, 2.75) is 39.8 Å². The van der Waals surface area contributed by atoms with E-state index in [1.165, 1.54) is 0 Å². The van der Waals surface area contributed by atoms with Gasteiger partial charge in [0.1, 0.15) is 11.9 Å². The highest BCUT2D eigenvalue weighted by Gasteiger charge is 2.15. The Morgan fingerprint density at radius 2 is 1.74 bits per heavy atom. The number of alkyl carbamates (subject to hydrolysis) is 1. The third-order valence-corrected chi connectivity index (χ3v) is 3.71. The molecule has 0 aliphatic heterocycles. The number of rotatable bonds is 5. The smallest absolute Gasteiger partial charge is 0.407 e. The van der Waals surface area contributed by atoms with E-state index in [1.807, 2.05) is 12.1 Å². The molecule has 27 heavy (non-hydrogen) atoms. The molecule has 0 saturated carbocycles. The third kappa shape index (κ3) is 6.26. The Kier molecular flexibility index (Phi) is 6.34. The number of aryl methyl sites for hydroxylation is 1. The Morgan fingerprint density at radius 3 is 2.30 bits per heavy atom. The molecule has 0 unspecified atom stereocenters. The van der Waals surface area contributed by atoms with Crippen LogP contribution in [0.2, 0.25) is 0 Å². The summed E-state index contributed by atoms with van der Waals surface area (Å²) in [6, 6.07) is 12.1. The molecule has 0 spiro atoms. The molecule has 2 N–H and O–H groups in total. The molecule has 142 valence electrons. The van der Waals surface area contributed by atoms with Crippen LogP contribution in [0.5, 0.6) is 0 Å². The molecule has 2 aromatic rings. The number of carbonyl (C=O) groups excluding carboxylic acids is 3. The van der Waals surface area contributed by atoms with Crippen LogP contribution in [0.4, 0.5) is 10.5 Å². The fourth-order valence-corrected chi connectivity index (χ4v) is 2.35. The molecule has 0 saturated heterocycles. The fraction of sp³-hybridized carbons (Fsp3) is 0.286. The minimum Gasteiger partial charge on any atom is -0.444 e. The molecular weight excluding hydrogens is 344 g/mol. The Labute approximate surface area is 158 Å². The first-order valence-electron chi connectivity index (χ1n) is 8.61. The van der Waals surface area contributed by atoms with Gasteiger partial charge in [0.2, 0.25) is 0 Å². The molecule has 0 aromatic heterocycles. The molecule has 0 radical (unpaired) electrons. The second kappa shape index (κ2) is 8.49. The molecule has 0 atom stereocenters. The van der Waals surface area contributed by atoms with E-state index < -0.39 is 11.7 Å². The predicted octanol–water partition coefficient (Wildman–Crippen LogP) is 4.08. The molecule has 0 heterocycles. The summed E-state index contributed by atoms with van der Waals surface area (Å²) < 4.78 is 5.18. The Hall–Kier alpha value is -3.15. The Bertz CT molecular complexity index is 836. The number of nitrogens with one attached hydrogen (secondary N) is 2. The number of ether oxygens (including phenoxy) is 1. The zero-order chi connectivity index (χ0) is 20.0. The van der Waals surface area contributed by atoms with E-state index in [0.717, 1.165) is 17.4 Å². The Balaban J connectivity index is 1.93. The van der Waals surface area contributed by atoms with Crippen molar-refractivity contribution < 1.29 is 19.1 Å². The molecule has 0 aliphatic rings. The van der Waals surface area contributed by atoms with Gasteiger partial charge in [-0.2, -0.15) is 0 Å². The number of amides is 2. The number of hydrogen-bond donors (Lipinski definition) is 2. The molecule has 2 rings (SSSR count). The van der Waals surface area contributed by atoms with Crippen molar-refractivity contribution in [1.29, 1.82) is 0 Å².